The third kappa shape index (κ3) is 3.66. The number of aromatic nitrogens is 2. The number of rotatable bonds is 4. The number of para-hydroxylation sites is 2. The number of amides is 2. The number of H-pyrrole nitrogens is 1. The smallest absolute Gasteiger partial charge is 0.323 e. The van der Waals surface area contributed by atoms with Crippen molar-refractivity contribution in [3.8, 4) is 5.69 Å². The van der Waals surface area contributed by atoms with Gasteiger partial charge in [0.25, 0.3) is 0 Å². The number of hydrogen-bond acceptors (Lipinski definition) is 2. The lowest BCUT2D eigenvalue weighted by Gasteiger charge is -2.19. The van der Waals surface area contributed by atoms with Gasteiger partial charge in [-0.1, -0.05) is 24.3 Å². The summed E-state index contributed by atoms with van der Waals surface area (Å²) in [4.78, 5) is 28.7. The summed E-state index contributed by atoms with van der Waals surface area (Å²) >= 11 is 0. The minimum absolute atomic E-state index is 0.274. The molecular weight excluding hydrogens is 335 g/mol. The molecule has 0 radical (unpaired) electrons. The maximum absolute atomic E-state index is 13.0. The van der Waals surface area contributed by atoms with E-state index >= 15 is 0 Å². The van der Waals surface area contributed by atoms with Gasteiger partial charge in [-0.15, -0.1) is 0 Å². The first kappa shape index (κ1) is 17.5. The zero-order chi connectivity index (χ0) is 18.7. The van der Waals surface area contributed by atoms with Gasteiger partial charge in [-0.2, -0.15) is 0 Å². The number of urea groups is 1. The van der Waals surface area contributed by atoms with Crippen molar-refractivity contribution in [3.05, 3.63) is 82.3 Å². The molecule has 0 aliphatic heterocycles. The molecule has 0 spiro atoms. The average molecular weight is 354 g/mol. The molecular formula is C19H19FN4O2. The fraction of sp³-hybridized carbons (Fsp3) is 0.158. The number of nitrogens with zero attached hydrogens (tertiary/aromatic N) is 2. The van der Waals surface area contributed by atoms with Crippen LogP contribution in [0.25, 0.3) is 5.69 Å². The summed E-state index contributed by atoms with van der Waals surface area (Å²) in [5, 5.41) is 2.82. The molecule has 2 N–H and O–H groups in total. The van der Waals surface area contributed by atoms with Crippen LogP contribution in [0.4, 0.5) is 14.9 Å². The third-order valence-electron chi connectivity index (χ3n) is 4.03. The average Bonchev–Trinajstić information content (AvgIpc) is 2.96. The summed E-state index contributed by atoms with van der Waals surface area (Å²) in [6.07, 6.45) is 1.61. The van der Waals surface area contributed by atoms with Gasteiger partial charge in [-0.3, -0.25) is 4.57 Å². The van der Waals surface area contributed by atoms with Crippen LogP contribution in [0, 0.1) is 12.7 Å². The van der Waals surface area contributed by atoms with Crippen LogP contribution in [0.15, 0.2) is 59.5 Å². The molecule has 0 fully saturated rings. The standard InChI is InChI=1S/C19H19FN4O2/c1-13-11-21-18(25)24(13)17-6-4-3-5-16(17)22-19(26)23(2)12-14-7-9-15(20)10-8-14/h3-11H,12H2,1-2H3,(H,21,25)(H,22,26). The summed E-state index contributed by atoms with van der Waals surface area (Å²) in [5.74, 6) is -0.318. The molecule has 134 valence electrons. The van der Waals surface area contributed by atoms with Gasteiger partial charge in [0.1, 0.15) is 5.82 Å². The van der Waals surface area contributed by atoms with Gasteiger partial charge in [0.05, 0.1) is 11.4 Å². The zero-order valence-corrected chi connectivity index (χ0v) is 14.5. The summed E-state index contributed by atoms with van der Waals surface area (Å²) in [6, 6.07) is 12.7. The predicted molar refractivity (Wildman–Crippen MR) is 98.0 cm³/mol. The van der Waals surface area contributed by atoms with Crippen LogP contribution >= 0.6 is 0 Å². The van der Waals surface area contributed by atoms with Crippen LogP contribution in [-0.2, 0) is 6.54 Å². The Bertz CT molecular complexity index is 976. The third-order valence-corrected chi connectivity index (χ3v) is 4.03. The Balaban J connectivity index is 1.79. The van der Waals surface area contributed by atoms with E-state index in [2.05, 4.69) is 10.3 Å². The first-order valence-electron chi connectivity index (χ1n) is 8.08. The maximum atomic E-state index is 13.0. The van der Waals surface area contributed by atoms with Crippen LogP contribution < -0.4 is 11.0 Å². The van der Waals surface area contributed by atoms with Crippen LogP contribution in [0.1, 0.15) is 11.3 Å². The second-order valence-corrected chi connectivity index (χ2v) is 6.00. The summed E-state index contributed by atoms with van der Waals surface area (Å²) in [6.45, 7) is 2.13. The van der Waals surface area contributed by atoms with Crippen molar-refractivity contribution in [1.29, 1.82) is 0 Å². The number of nitrogens with one attached hydrogen (secondary N) is 2. The second-order valence-electron chi connectivity index (χ2n) is 6.00. The summed E-state index contributed by atoms with van der Waals surface area (Å²) in [5.41, 5.74) is 2.38. The Kier molecular flexibility index (Phi) is 4.88. The lowest BCUT2D eigenvalue weighted by molar-refractivity contribution is 0.220. The van der Waals surface area contributed by atoms with E-state index in [0.717, 1.165) is 11.3 Å². The minimum atomic E-state index is -0.331. The molecule has 2 amide bonds. The SMILES string of the molecule is Cc1c[nH]c(=O)n1-c1ccccc1NC(=O)N(C)Cc1ccc(F)cc1. The number of aromatic amines is 1. The van der Waals surface area contributed by atoms with Gasteiger partial charge in [0.2, 0.25) is 0 Å². The largest absolute Gasteiger partial charge is 0.330 e. The predicted octanol–water partition coefficient (Wildman–Crippen LogP) is 3.28. The van der Waals surface area contributed by atoms with Crippen molar-refractivity contribution in [1.82, 2.24) is 14.5 Å². The lowest BCUT2D eigenvalue weighted by Crippen LogP contribution is -2.31. The molecule has 3 aromatic rings. The Morgan fingerprint density at radius 2 is 1.88 bits per heavy atom. The van der Waals surface area contributed by atoms with Crippen molar-refractivity contribution in [2.75, 3.05) is 12.4 Å². The van der Waals surface area contributed by atoms with Crippen LogP contribution in [0.5, 0.6) is 0 Å². The molecule has 0 bridgehead atoms. The number of hydrogen-bond donors (Lipinski definition) is 2. The van der Waals surface area contributed by atoms with Gasteiger partial charge >= 0.3 is 11.7 Å². The van der Waals surface area contributed by atoms with E-state index < -0.39 is 0 Å². The molecule has 0 atom stereocenters. The normalized spacial score (nSPS) is 10.6. The highest BCUT2D eigenvalue weighted by Crippen LogP contribution is 2.20. The molecule has 3 rings (SSSR count). The van der Waals surface area contributed by atoms with Crippen molar-refractivity contribution in [2.24, 2.45) is 0 Å². The van der Waals surface area contributed by atoms with E-state index in [1.807, 2.05) is 0 Å². The van der Waals surface area contributed by atoms with E-state index in [0.29, 0.717) is 17.9 Å². The van der Waals surface area contributed by atoms with Gasteiger partial charge < -0.3 is 15.2 Å². The van der Waals surface area contributed by atoms with Crippen molar-refractivity contribution < 1.29 is 9.18 Å². The van der Waals surface area contributed by atoms with Crippen LogP contribution in [-0.4, -0.2) is 27.5 Å². The Hall–Kier alpha value is -3.35. The molecule has 6 nitrogen and oxygen atoms in total. The zero-order valence-electron chi connectivity index (χ0n) is 14.5. The molecule has 0 aliphatic carbocycles. The van der Waals surface area contributed by atoms with Crippen molar-refractivity contribution in [2.45, 2.75) is 13.5 Å². The number of carbonyl (C=O) groups excluding carboxylic acids is 1. The highest BCUT2D eigenvalue weighted by Gasteiger charge is 2.14. The van der Waals surface area contributed by atoms with Gasteiger partial charge in [0.15, 0.2) is 0 Å². The van der Waals surface area contributed by atoms with Crippen molar-refractivity contribution >= 4 is 11.7 Å². The number of aryl methyl sites for hydroxylation is 1. The molecule has 0 saturated heterocycles. The molecule has 0 saturated carbocycles. The lowest BCUT2D eigenvalue weighted by atomic mass is 10.2. The van der Waals surface area contributed by atoms with E-state index in [1.54, 1.807) is 56.6 Å². The van der Waals surface area contributed by atoms with Gasteiger partial charge in [-0.05, 0) is 36.8 Å². The van der Waals surface area contributed by atoms with Crippen molar-refractivity contribution in [3.63, 3.8) is 0 Å². The molecule has 26 heavy (non-hydrogen) atoms. The van der Waals surface area contributed by atoms with E-state index in [9.17, 15) is 14.0 Å². The molecule has 1 aromatic heterocycles. The topological polar surface area (TPSA) is 70.1 Å². The summed E-state index contributed by atoms with van der Waals surface area (Å²) < 4.78 is 14.5. The Morgan fingerprint density at radius 3 is 2.54 bits per heavy atom. The fourth-order valence-electron chi connectivity index (χ4n) is 2.68. The quantitative estimate of drug-likeness (QED) is 0.755. The second kappa shape index (κ2) is 7.26. The monoisotopic (exact) mass is 354 g/mol. The number of imidazole rings is 1. The van der Waals surface area contributed by atoms with E-state index in [1.165, 1.54) is 21.6 Å². The van der Waals surface area contributed by atoms with E-state index in [4.69, 9.17) is 0 Å². The van der Waals surface area contributed by atoms with Gasteiger partial charge in [-0.25, -0.2) is 14.0 Å². The number of anilines is 1. The number of carbonyl (C=O) groups is 1. The molecule has 7 heteroatoms. The number of halogens is 1. The Morgan fingerprint density at radius 1 is 1.19 bits per heavy atom. The minimum Gasteiger partial charge on any atom is -0.323 e. The Labute approximate surface area is 149 Å². The highest BCUT2D eigenvalue weighted by molar-refractivity contribution is 5.91. The number of benzene rings is 2. The first-order valence-corrected chi connectivity index (χ1v) is 8.08. The molecule has 0 unspecified atom stereocenters. The fourth-order valence-corrected chi connectivity index (χ4v) is 2.68. The first-order chi connectivity index (χ1) is 12.5. The summed E-state index contributed by atoms with van der Waals surface area (Å²) in [7, 11) is 1.65. The maximum Gasteiger partial charge on any atom is 0.330 e. The van der Waals surface area contributed by atoms with Crippen LogP contribution in [0.3, 0.4) is 0 Å². The highest BCUT2D eigenvalue weighted by atomic mass is 19.1. The molecule has 1 heterocycles. The molecule has 2 aromatic carbocycles. The van der Waals surface area contributed by atoms with Crippen LogP contribution in [0.2, 0.25) is 0 Å². The van der Waals surface area contributed by atoms with E-state index in [-0.39, 0.29) is 17.5 Å². The molecule has 0 aliphatic rings. The van der Waals surface area contributed by atoms with Gasteiger partial charge in [0, 0.05) is 25.5 Å².